The molecule has 10 heteroatoms. The number of alkyl halides is 3. The first-order valence-electron chi connectivity index (χ1n) is 5.24. The summed E-state index contributed by atoms with van der Waals surface area (Å²) in [5.74, 6) is -1.37. The number of amides is 1. The summed E-state index contributed by atoms with van der Waals surface area (Å²) in [6.45, 7) is -1.94. The highest BCUT2D eigenvalue weighted by molar-refractivity contribution is 5.93. The second kappa shape index (κ2) is 6.19. The van der Waals surface area contributed by atoms with Crippen LogP contribution in [0, 0.1) is 10.1 Å². The van der Waals surface area contributed by atoms with Crippen molar-refractivity contribution in [1.82, 2.24) is 5.32 Å². The number of nitrogens with zero attached hydrogens (tertiary/aromatic N) is 1. The topological polar surface area (TPSA) is 104 Å². The van der Waals surface area contributed by atoms with Gasteiger partial charge in [0.25, 0.3) is 5.69 Å². The van der Waals surface area contributed by atoms with Crippen molar-refractivity contribution in [3.63, 3.8) is 0 Å². The van der Waals surface area contributed by atoms with E-state index in [-0.39, 0.29) is 11.4 Å². The summed E-state index contributed by atoms with van der Waals surface area (Å²) in [6.07, 6.45) is -4.43. The Morgan fingerprint density at radius 2 is 2.05 bits per heavy atom. The van der Waals surface area contributed by atoms with E-state index in [9.17, 15) is 33.2 Å². The van der Waals surface area contributed by atoms with Crippen LogP contribution in [-0.4, -0.2) is 35.2 Å². The number of aromatic hydroxyl groups is 1. The number of halogens is 3. The Morgan fingerprint density at radius 3 is 2.55 bits per heavy atom. The van der Waals surface area contributed by atoms with E-state index in [1.165, 1.54) is 0 Å². The SMILES string of the molecule is O=C(CNCC(F)(F)F)Nc1ccc([N+](=O)[O-])cc1O. The Balaban J connectivity index is 2.56. The van der Waals surface area contributed by atoms with E-state index in [1.54, 1.807) is 0 Å². The number of nitro benzene ring substituents is 1. The fourth-order valence-corrected chi connectivity index (χ4v) is 1.25. The number of nitrogens with one attached hydrogen (secondary N) is 2. The number of benzene rings is 1. The van der Waals surface area contributed by atoms with Gasteiger partial charge >= 0.3 is 6.18 Å². The lowest BCUT2D eigenvalue weighted by Gasteiger charge is -2.09. The van der Waals surface area contributed by atoms with Gasteiger partial charge in [0.1, 0.15) is 5.75 Å². The molecule has 0 aliphatic rings. The first kappa shape index (κ1) is 15.7. The Labute approximate surface area is 110 Å². The van der Waals surface area contributed by atoms with Crippen LogP contribution >= 0.6 is 0 Å². The molecule has 0 saturated carbocycles. The second-order valence-electron chi connectivity index (χ2n) is 3.73. The van der Waals surface area contributed by atoms with Crippen LogP contribution in [0.25, 0.3) is 0 Å². The molecule has 0 fully saturated rings. The van der Waals surface area contributed by atoms with E-state index in [0.717, 1.165) is 18.2 Å². The van der Waals surface area contributed by atoms with E-state index >= 15 is 0 Å². The van der Waals surface area contributed by atoms with Crippen LogP contribution in [-0.2, 0) is 4.79 Å². The molecule has 7 nitrogen and oxygen atoms in total. The maximum absolute atomic E-state index is 11.8. The third-order valence-corrected chi connectivity index (χ3v) is 2.08. The Bertz CT molecular complexity index is 519. The number of nitro groups is 1. The summed E-state index contributed by atoms with van der Waals surface area (Å²) in [4.78, 5) is 21.0. The molecule has 1 amide bonds. The summed E-state index contributed by atoms with van der Waals surface area (Å²) in [5, 5.41) is 23.8. The van der Waals surface area contributed by atoms with Crippen LogP contribution < -0.4 is 10.6 Å². The van der Waals surface area contributed by atoms with E-state index in [0.29, 0.717) is 0 Å². The molecule has 0 aliphatic carbocycles. The minimum atomic E-state index is -4.43. The maximum Gasteiger partial charge on any atom is 0.401 e. The Kier molecular flexibility index (Phi) is 4.86. The van der Waals surface area contributed by atoms with Gasteiger partial charge in [0.2, 0.25) is 5.91 Å². The summed E-state index contributed by atoms with van der Waals surface area (Å²) in [7, 11) is 0. The maximum atomic E-state index is 11.8. The van der Waals surface area contributed by atoms with Crippen LogP contribution in [0.15, 0.2) is 18.2 Å². The molecule has 110 valence electrons. The number of carbonyl (C=O) groups excluding carboxylic acids is 1. The lowest BCUT2D eigenvalue weighted by Crippen LogP contribution is -2.35. The zero-order valence-corrected chi connectivity index (χ0v) is 9.90. The predicted octanol–water partition coefficient (Wildman–Crippen LogP) is 1.39. The van der Waals surface area contributed by atoms with Crippen LogP contribution in [0.2, 0.25) is 0 Å². The van der Waals surface area contributed by atoms with Gasteiger partial charge < -0.3 is 15.7 Å². The van der Waals surface area contributed by atoms with Crippen LogP contribution in [0.4, 0.5) is 24.5 Å². The van der Waals surface area contributed by atoms with E-state index in [1.807, 2.05) is 5.32 Å². The number of rotatable bonds is 5. The monoisotopic (exact) mass is 293 g/mol. The molecular formula is C10H10F3N3O4. The van der Waals surface area contributed by atoms with Gasteiger partial charge in [-0.2, -0.15) is 13.2 Å². The standard InChI is InChI=1S/C10H10F3N3O4/c11-10(12,13)5-14-4-9(18)15-7-2-1-6(16(19)20)3-8(7)17/h1-3,14,17H,4-5H2,(H,15,18). The van der Waals surface area contributed by atoms with Crippen molar-refractivity contribution in [2.45, 2.75) is 6.18 Å². The summed E-state index contributed by atoms with van der Waals surface area (Å²) >= 11 is 0. The van der Waals surface area contributed by atoms with Gasteiger partial charge in [0.05, 0.1) is 29.8 Å². The van der Waals surface area contributed by atoms with Gasteiger partial charge in [-0.3, -0.25) is 14.9 Å². The molecule has 20 heavy (non-hydrogen) atoms. The molecule has 0 heterocycles. The molecular weight excluding hydrogens is 283 g/mol. The fourth-order valence-electron chi connectivity index (χ4n) is 1.25. The fraction of sp³-hybridized carbons (Fsp3) is 0.300. The zero-order valence-electron chi connectivity index (χ0n) is 9.90. The molecule has 1 aromatic rings. The average molecular weight is 293 g/mol. The zero-order chi connectivity index (χ0) is 15.3. The molecule has 1 aromatic carbocycles. The number of carbonyl (C=O) groups is 1. The first-order chi connectivity index (χ1) is 9.19. The molecule has 1 rings (SSSR count). The Hall–Kier alpha value is -2.36. The number of anilines is 1. The predicted molar refractivity (Wildman–Crippen MR) is 62.3 cm³/mol. The highest BCUT2D eigenvalue weighted by Gasteiger charge is 2.26. The molecule has 0 atom stereocenters. The van der Waals surface area contributed by atoms with Crippen LogP contribution in [0.3, 0.4) is 0 Å². The molecule has 0 spiro atoms. The molecule has 3 N–H and O–H groups in total. The van der Waals surface area contributed by atoms with Crippen molar-refractivity contribution in [3.8, 4) is 5.75 Å². The van der Waals surface area contributed by atoms with Crippen molar-refractivity contribution < 1.29 is 28.0 Å². The van der Waals surface area contributed by atoms with Gasteiger partial charge in [0.15, 0.2) is 0 Å². The number of phenolic OH excluding ortho intramolecular Hbond substituents is 1. The molecule has 0 aliphatic heterocycles. The van der Waals surface area contributed by atoms with Crippen LogP contribution in [0.1, 0.15) is 0 Å². The minimum Gasteiger partial charge on any atom is -0.506 e. The van der Waals surface area contributed by atoms with Crippen molar-refractivity contribution in [1.29, 1.82) is 0 Å². The quantitative estimate of drug-likeness (QED) is 0.432. The second-order valence-corrected chi connectivity index (χ2v) is 3.73. The molecule has 0 saturated heterocycles. The van der Waals surface area contributed by atoms with Gasteiger partial charge in [-0.1, -0.05) is 0 Å². The smallest absolute Gasteiger partial charge is 0.401 e. The lowest BCUT2D eigenvalue weighted by atomic mass is 10.2. The highest BCUT2D eigenvalue weighted by atomic mass is 19.4. The molecule has 0 radical (unpaired) electrons. The molecule has 0 unspecified atom stereocenters. The van der Waals surface area contributed by atoms with Gasteiger partial charge in [0, 0.05) is 6.07 Å². The summed E-state index contributed by atoms with van der Waals surface area (Å²) in [5.41, 5.74) is -0.509. The normalized spacial score (nSPS) is 11.2. The lowest BCUT2D eigenvalue weighted by molar-refractivity contribution is -0.384. The third kappa shape index (κ3) is 5.10. The minimum absolute atomic E-state index is 0.130. The average Bonchev–Trinajstić information content (AvgIpc) is 2.29. The van der Waals surface area contributed by atoms with E-state index < -0.39 is 35.8 Å². The molecule has 0 bridgehead atoms. The van der Waals surface area contributed by atoms with Crippen molar-refractivity contribution in [3.05, 3.63) is 28.3 Å². The van der Waals surface area contributed by atoms with Crippen molar-refractivity contribution in [2.24, 2.45) is 0 Å². The number of hydrogen-bond donors (Lipinski definition) is 3. The Morgan fingerprint density at radius 1 is 1.40 bits per heavy atom. The van der Waals surface area contributed by atoms with E-state index in [4.69, 9.17) is 0 Å². The van der Waals surface area contributed by atoms with Gasteiger partial charge in [-0.05, 0) is 6.07 Å². The number of phenols is 1. The van der Waals surface area contributed by atoms with Crippen molar-refractivity contribution >= 4 is 17.3 Å². The van der Waals surface area contributed by atoms with Gasteiger partial charge in [-0.25, -0.2) is 0 Å². The number of non-ortho nitro benzene ring substituents is 1. The number of hydrogen-bond acceptors (Lipinski definition) is 5. The highest BCUT2D eigenvalue weighted by Crippen LogP contribution is 2.27. The van der Waals surface area contributed by atoms with E-state index in [2.05, 4.69) is 5.32 Å². The van der Waals surface area contributed by atoms with Gasteiger partial charge in [-0.15, -0.1) is 0 Å². The van der Waals surface area contributed by atoms with Crippen molar-refractivity contribution in [2.75, 3.05) is 18.4 Å². The largest absolute Gasteiger partial charge is 0.506 e. The third-order valence-electron chi connectivity index (χ3n) is 2.08. The summed E-state index contributed by atoms with van der Waals surface area (Å²) < 4.78 is 35.5. The first-order valence-corrected chi connectivity index (χ1v) is 5.24. The van der Waals surface area contributed by atoms with Crippen LogP contribution in [0.5, 0.6) is 5.75 Å². The summed E-state index contributed by atoms with van der Waals surface area (Å²) in [6, 6.07) is 2.94. The molecule has 0 aromatic heterocycles.